The van der Waals surface area contributed by atoms with Crippen molar-refractivity contribution in [2.45, 2.75) is 50.7 Å². The number of aliphatic carboxylic acids is 1. The number of hydrogen-bond acceptors (Lipinski definition) is 7. The number of nitrogens with one attached hydrogen (secondary N) is 2. The third-order valence-electron chi connectivity index (χ3n) is 5.70. The van der Waals surface area contributed by atoms with Crippen LogP contribution in [0.2, 0.25) is 0 Å². The number of hydrogen-bond donors (Lipinski definition) is 3. The van der Waals surface area contributed by atoms with Gasteiger partial charge in [0.2, 0.25) is 0 Å². The van der Waals surface area contributed by atoms with Gasteiger partial charge >= 0.3 is 18.2 Å². The smallest absolute Gasteiger partial charge is 0.475 e. The quantitative estimate of drug-likeness (QED) is 0.184. The van der Waals surface area contributed by atoms with Crippen LogP contribution in [0.3, 0.4) is 0 Å². The molecule has 3 N–H and O–H groups in total. The minimum Gasteiger partial charge on any atom is -0.475 e. The third-order valence-corrected chi connectivity index (χ3v) is 9.60. The summed E-state index contributed by atoms with van der Waals surface area (Å²) in [4.78, 5) is 27.2. The first-order valence-corrected chi connectivity index (χ1v) is 15.8. The molecular formula is C27H28F4N4O5S3. The molecule has 0 unspecified atom stereocenters. The van der Waals surface area contributed by atoms with E-state index in [4.69, 9.17) is 9.90 Å². The zero-order chi connectivity index (χ0) is 31.9. The number of carboxylic acids is 1. The molecule has 3 aromatic heterocycles. The Kier molecular flexibility index (Phi) is 11.1. The first kappa shape index (κ1) is 33.7. The van der Waals surface area contributed by atoms with Gasteiger partial charge in [-0.3, -0.25) is 0 Å². The fraction of sp³-hybridized carbons (Fsp3) is 0.296. The Hall–Kier alpha value is -3.76. The van der Waals surface area contributed by atoms with E-state index in [0.717, 1.165) is 26.9 Å². The van der Waals surface area contributed by atoms with Gasteiger partial charge < -0.3 is 15.0 Å². The van der Waals surface area contributed by atoms with E-state index in [9.17, 15) is 26.4 Å². The van der Waals surface area contributed by atoms with Crippen LogP contribution in [-0.2, 0) is 34.3 Å². The summed E-state index contributed by atoms with van der Waals surface area (Å²) in [6.45, 7) is 6.46. The van der Waals surface area contributed by atoms with Crippen LogP contribution in [0.5, 0.6) is 0 Å². The maximum Gasteiger partial charge on any atom is 0.490 e. The van der Waals surface area contributed by atoms with Gasteiger partial charge in [-0.15, -0.1) is 22.7 Å². The lowest BCUT2D eigenvalue weighted by Crippen LogP contribution is -2.38. The van der Waals surface area contributed by atoms with Crippen molar-refractivity contribution in [3.8, 4) is 11.1 Å². The Balaban J connectivity index is 0.000000646. The minimum absolute atomic E-state index is 0.0120. The molecular weight excluding hydrogens is 633 g/mol. The molecule has 0 radical (unpaired) electrons. The molecule has 0 aliphatic heterocycles. The lowest BCUT2D eigenvalue weighted by atomic mass is 10.0. The fourth-order valence-corrected chi connectivity index (χ4v) is 7.23. The summed E-state index contributed by atoms with van der Waals surface area (Å²) in [5.41, 5.74) is 1.27. The predicted molar refractivity (Wildman–Crippen MR) is 155 cm³/mol. The number of rotatable bonds is 9. The van der Waals surface area contributed by atoms with Crippen molar-refractivity contribution in [2.24, 2.45) is 5.92 Å². The van der Waals surface area contributed by atoms with Crippen LogP contribution in [0.4, 0.5) is 22.4 Å². The van der Waals surface area contributed by atoms with E-state index < -0.39 is 34.0 Å². The number of carboxylic acid groups (broad SMARTS) is 1. The average molecular weight is 661 g/mol. The zero-order valence-electron chi connectivity index (χ0n) is 23.1. The highest BCUT2D eigenvalue weighted by Gasteiger charge is 2.38. The molecule has 1 aromatic carbocycles. The van der Waals surface area contributed by atoms with Gasteiger partial charge in [-0.1, -0.05) is 32.0 Å². The van der Waals surface area contributed by atoms with Crippen molar-refractivity contribution >= 4 is 44.7 Å². The molecule has 0 atom stereocenters. The normalized spacial score (nSPS) is 11.6. The molecule has 0 fully saturated rings. The topological polar surface area (TPSA) is 130 Å². The summed E-state index contributed by atoms with van der Waals surface area (Å²) in [5, 5.41) is 11.6. The van der Waals surface area contributed by atoms with Gasteiger partial charge in [-0.05, 0) is 48.4 Å². The van der Waals surface area contributed by atoms with E-state index in [1.807, 2.05) is 42.9 Å². The van der Waals surface area contributed by atoms with Crippen LogP contribution in [-0.4, -0.2) is 41.3 Å². The Bertz CT molecular complexity index is 1660. The lowest BCUT2D eigenvalue weighted by molar-refractivity contribution is -0.192. The fourth-order valence-electron chi connectivity index (χ4n) is 3.71. The highest BCUT2D eigenvalue weighted by atomic mass is 32.2. The van der Waals surface area contributed by atoms with Crippen molar-refractivity contribution in [1.82, 2.24) is 19.6 Å². The largest absolute Gasteiger partial charge is 0.490 e. The Morgan fingerprint density at radius 1 is 1.14 bits per heavy atom. The molecule has 3 heterocycles. The van der Waals surface area contributed by atoms with Gasteiger partial charge in [-0.25, -0.2) is 32.1 Å². The van der Waals surface area contributed by atoms with Crippen molar-refractivity contribution in [3.05, 3.63) is 81.1 Å². The molecule has 9 nitrogen and oxygen atoms in total. The molecule has 0 spiro atoms. The number of amides is 2. The molecule has 4 rings (SSSR count). The Labute approximate surface area is 253 Å². The number of carbonyl (C=O) groups excluding carboxylic acids is 1. The van der Waals surface area contributed by atoms with Crippen molar-refractivity contribution < 1.29 is 40.7 Å². The molecule has 43 heavy (non-hydrogen) atoms. The highest BCUT2D eigenvalue weighted by Crippen LogP contribution is 2.37. The maximum atomic E-state index is 15.1. The van der Waals surface area contributed by atoms with Gasteiger partial charge in [0.05, 0.1) is 13.1 Å². The molecule has 0 aliphatic carbocycles. The average Bonchev–Trinajstić information content (AvgIpc) is 3.65. The number of nitrogens with zero attached hydrogens (tertiary/aromatic N) is 2. The second-order valence-electron chi connectivity index (χ2n) is 9.59. The first-order valence-electron chi connectivity index (χ1n) is 12.6. The molecule has 0 saturated heterocycles. The number of benzene rings is 1. The summed E-state index contributed by atoms with van der Waals surface area (Å²) in [5.74, 6) is -2.13. The number of alkyl halides is 3. The summed E-state index contributed by atoms with van der Waals surface area (Å²) >= 11 is 2.56. The number of aromatic nitrogens is 2. The molecule has 0 aliphatic rings. The van der Waals surface area contributed by atoms with Crippen molar-refractivity contribution in [1.29, 1.82) is 0 Å². The van der Waals surface area contributed by atoms with Gasteiger partial charge in [0.1, 0.15) is 15.9 Å². The summed E-state index contributed by atoms with van der Waals surface area (Å²) in [6, 6.07) is 9.37. The van der Waals surface area contributed by atoms with E-state index >= 15 is 4.39 Å². The third kappa shape index (κ3) is 9.62. The SMILES string of the molecule is Cc1nccn1Cc1ccc(-c2cc(CC(C)C)sc2S(=O)(=O)NC(=O)NCc2cccs2)cc1F.O=C(O)C(F)(F)F. The maximum absolute atomic E-state index is 15.1. The Morgan fingerprint density at radius 2 is 1.84 bits per heavy atom. The van der Waals surface area contributed by atoms with Crippen LogP contribution in [0.25, 0.3) is 11.1 Å². The monoisotopic (exact) mass is 660 g/mol. The minimum atomic E-state index is -5.08. The van der Waals surface area contributed by atoms with Crippen LogP contribution < -0.4 is 10.0 Å². The highest BCUT2D eigenvalue weighted by molar-refractivity contribution is 7.92. The number of urea groups is 1. The number of carbonyl (C=O) groups is 2. The number of thiophene rings is 2. The molecule has 0 bridgehead atoms. The Morgan fingerprint density at radius 3 is 2.37 bits per heavy atom. The second-order valence-corrected chi connectivity index (χ2v) is 13.6. The lowest BCUT2D eigenvalue weighted by Gasteiger charge is -2.11. The summed E-state index contributed by atoms with van der Waals surface area (Å²) in [6.07, 6.45) is -0.984. The van der Waals surface area contributed by atoms with E-state index in [1.54, 1.807) is 30.6 Å². The van der Waals surface area contributed by atoms with Crippen LogP contribution >= 0.6 is 22.7 Å². The zero-order valence-corrected chi connectivity index (χ0v) is 25.6. The van der Waals surface area contributed by atoms with Gasteiger partial charge in [-0.2, -0.15) is 13.2 Å². The predicted octanol–water partition coefficient (Wildman–Crippen LogP) is 6.19. The molecule has 2 amide bonds. The molecule has 4 aromatic rings. The molecule has 232 valence electrons. The van der Waals surface area contributed by atoms with E-state index in [0.29, 0.717) is 35.6 Å². The number of aryl methyl sites for hydroxylation is 1. The van der Waals surface area contributed by atoms with Crippen molar-refractivity contribution in [2.75, 3.05) is 0 Å². The standard InChI is InChI=1S/C25H27FN4O3S3.C2HF3O2/c1-16(2)11-21-13-22(18-6-7-19(23(26)12-18)15-30-9-8-27-17(30)3)24(35-21)36(32,33)29-25(31)28-14-20-5-4-10-34-20;3-2(4,5)1(6)7/h4-10,12-13,16H,11,14-15H2,1-3H3,(H2,28,29,31);(H,6,7). The van der Waals surface area contributed by atoms with E-state index in [2.05, 4.69) is 15.0 Å². The number of imidazole rings is 1. The summed E-state index contributed by atoms with van der Waals surface area (Å²) < 4.78 is 77.2. The molecule has 16 heteroatoms. The molecule has 0 saturated carbocycles. The first-order chi connectivity index (χ1) is 20.1. The van der Waals surface area contributed by atoms with E-state index in [1.165, 1.54) is 17.4 Å². The van der Waals surface area contributed by atoms with Crippen LogP contribution in [0, 0.1) is 18.7 Å². The van der Waals surface area contributed by atoms with Gasteiger partial charge in [0.15, 0.2) is 0 Å². The van der Waals surface area contributed by atoms with E-state index in [-0.39, 0.29) is 10.8 Å². The second kappa shape index (κ2) is 14.1. The summed E-state index contributed by atoms with van der Waals surface area (Å²) in [7, 11) is -4.19. The number of sulfonamides is 1. The van der Waals surface area contributed by atoms with Gasteiger partial charge in [0.25, 0.3) is 10.0 Å². The van der Waals surface area contributed by atoms with Crippen LogP contribution in [0.15, 0.2) is 58.4 Å². The number of halogens is 4. The van der Waals surface area contributed by atoms with Gasteiger partial charge in [0, 0.05) is 33.3 Å². The van der Waals surface area contributed by atoms with Crippen LogP contribution in [0.1, 0.15) is 35.0 Å². The van der Waals surface area contributed by atoms with Crippen molar-refractivity contribution in [3.63, 3.8) is 0 Å².